The summed E-state index contributed by atoms with van der Waals surface area (Å²) in [7, 11) is 0. The van der Waals surface area contributed by atoms with Gasteiger partial charge in [-0.3, -0.25) is 9.97 Å². The van der Waals surface area contributed by atoms with E-state index in [1.54, 1.807) is 0 Å². The summed E-state index contributed by atoms with van der Waals surface area (Å²) in [5.74, 6) is 1.90. The van der Waals surface area contributed by atoms with Crippen LogP contribution in [0.4, 0.5) is 0 Å². The van der Waals surface area contributed by atoms with Gasteiger partial charge < -0.3 is 0 Å². The summed E-state index contributed by atoms with van der Waals surface area (Å²) < 4.78 is 0. The van der Waals surface area contributed by atoms with Gasteiger partial charge in [-0.1, -0.05) is 58.9 Å². The monoisotopic (exact) mass is 414 g/mol. The van der Waals surface area contributed by atoms with E-state index in [9.17, 15) is 0 Å². The van der Waals surface area contributed by atoms with Crippen molar-refractivity contribution in [1.29, 1.82) is 0 Å². The van der Waals surface area contributed by atoms with Gasteiger partial charge in [0, 0.05) is 30.4 Å². The van der Waals surface area contributed by atoms with Crippen molar-refractivity contribution in [2.24, 2.45) is 17.8 Å². The average Bonchev–Trinajstić information content (AvgIpc) is 2.73. The fourth-order valence-electron chi connectivity index (χ4n) is 4.40. The highest BCUT2D eigenvalue weighted by Crippen LogP contribution is 2.31. The maximum atomic E-state index is 4.50. The van der Waals surface area contributed by atoms with E-state index in [1.165, 1.54) is 39.8 Å². The Balaban J connectivity index is 1.86. The number of aryl methyl sites for hydroxylation is 1. The molecule has 1 aromatic carbocycles. The number of hydrogen-bond donors (Lipinski definition) is 0. The molecule has 0 N–H and O–H groups in total. The molecule has 3 aromatic rings. The number of rotatable bonds is 10. The first-order valence-electron chi connectivity index (χ1n) is 11.9. The van der Waals surface area contributed by atoms with Crippen LogP contribution in [0.5, 0.6) is 0 Å². The first-order valence-corrected chi connectivity index (χ1v) is 11.9. The summed E-state index contributed by atoms with van der Waals surface area (Å²) in [6, 6.07) is 13.6. The number of hydrogen-bond acceptors (Lipinski definition) is 2. The van der Waals surface area contributed by atoms with E-state index in [2.05, 4.69) is 81.1 Å². The van der Waals surface area contributed by atoms with E-state index in [1.807, 2.05) is 24.7 Å². The molecule has 1 atom stereocenters. The van der Waals surface area contributed by atoms with Crippen LogP contribution < -0.4 is 0 Å². The molecule has 0 aliphatic carbocycles. The molecule has 3 rings (SSSR count). The minimum absolute atomic E-state index is 0.622. The van der Waals surface area contributed by atoms with Crippen molar-refractivity contribution in [3.8, 4) is 11.1 Å². The van der Waals surface area contributed by atoms with Crippen LogP contribution in [0.2, 0.25) is 0 Å². The van der Waals surface area contributed by atoms with Gasteiger partial charge in [-0.2, -0.15) is 0 Å². The zero-order chi connectivity index (χ0) is 22.2. The highest BCUT2D eigenvalue weighted by atomic mass is 14.6. The summed E-state index contributed by atoms with van der Waals surface area (Å²) in [5.41, 5.74) is 8.32. The lowest BCUT2D eigenvalue weighted by Crippen LogP contribution is -2.05. The SMILES string of the molecule is CC(C)Cc1ccc(CCC(C)Cc2cccnc2)c(-c2cnccc2CC(C)C)c1. The molecule has 2 heterocycles. The van der Waals surface area contributed by atoms with Crippen molar-refractivity contribution in [2.45, 2.75) is 66.7 Å². The molecule has 0 fully saturated rings. The van der Waals surface area contributed by atoms with E-state index in [4.69, 9.17) is 0 Å². The molecule has 2 aromatic heterocycles. The second-order valence-corrected chi connectivity index (χ2v) is 9.93. The van der Waals surface area contributed by atoms with Gasteiger partial charge in [0.25, 0.3) is 0 Å². The molecule has 0 spiro atoms. The van der Waals surface area contributed by atoms with E-state index < -0.39 is 0 Å². The molecule has 0 radical (unpaired) electrons. The molecule has 0 saturated carbocycles. The Morgan fingerprint density at radius 2 is 1.45 bits per heavy atom. The largest absolute Gasteiger partial charge is 0.264 e. The third-order valence-corrected chi connectivity index (χ3v) is 5.86. The standard InChI is InChI=1S/C29H38N2/c1-21(2)15-24-9-11-26(10-8-23(5)17-25-7-6-13-30-19-25)28(18-24)29-20-31-14-12-27(29)16-22(3)4/h6-7,9,11-14,18-23H,8,10,15-17H2,1-5H3. The third kappa shape index (κ3) is 7.02. The van der Waals surface area contributed by atoms with Crippen LogP contribution in [-0.2, 0) is 25.7 Å². The highest BCUT2D eigenvalue weighted by molar-refractivity contribution is 5.71. The summed E-state index contributed by atoms with van der Waals surface area (Å²) in [6.07, 6.45) is 13.4. The van der Waals surface area contributed by atoms with Crippen LogP contribution in [0, 0.1) is 17.8 Å². The molecule has 2 nitrogen and oxygen atoms in total. The van der Waals surface area contributed by atoms with E-state index in [0.29, 0.717) is 17.8 Å². The van der Waals surface area contributed by atoms with Gasteiger partial charge in [-0.15, -0.1) is 0 Å². The van der Waals surface area contributed by atoms with Crippen molar-refractivity contribution in [3.05, 3.63) is 83.4 Å². The molecular formula is C29H38N2. The lowest BCUT2D eigenvalue weighted by atomic mass is 9.87. The Labute approximate surface area is 189 Å². The molecule has 0 saturated heterocycles. The molecule has 0 aliphatic rings. The lowest BCUT2D eigenvalue weighted by Gasteiger charge is -2.18. The van der Waals surface area contributed by atoms with Gasteiger partial charge in [-0.25, -0.2) is 0 Å². The van der Waals surface area contributed by atoms with Crippen molar-refractivity contribution >= 4 is 0 Å². The minimum Gasteiger partial charge on any atom is -0.264 e. The van der Waals surface area contributed by atoms with Crippen LogP contribution in [0.1, 0.15) is 63.3 Å². The molecular weight excluding hydrogens is 376 g/mol. The highest BCUT2D eigenvalue weighted by Gasteiger charge is 2.14. The van der Waals surface area contributed by atoms with Crippen molar-refractivity contribution < 1.29 is 0 Å². The third-order valence-electron chi connectivity index (χ3n) is 5.86. The smallest absolute Gasteiger partial charge is 0.0349 e. The maximum absolute atomic E-state index is 4.50. The Morgan fingerprint density at radius 1 is 0.677 bits per heavy atom. The topological polar surface area (TPSA) is 25.8 Å². The summed E-state index contributed by atoms with van der Waals surface area (Å²) in [4.78, 5) is 8.77. The average molecular weight is 415 g/mol. The molecule has 0 bridgehead atoms. The van der Waals surface area contributed by atoms with Crippen LogP contribution in [0.3, 0.4) is 0 Å². The van der Waals surface area contributed by atoms with Crippen LogP contribution >= 0.6 is 0 Å². The van der Waals surface area contributed by atoms with E-state index in [0.717, 1.165) is 25.7 Å². The zero-order valence-corrected chi connectivity index (χ0v) is 19.9. The second-order valence-electron chi connectivity index (χ2n) is 9.93. The van der Waals surface area contributed by atoms with Crippen LogP contribution in [-0.4, -0.2) is 9.97 Å². The molecule has 0 aliphatic heterocycles. The Hall–Kier alpha value is -2.48. The number of aromatic nitrogens is 2. The summed E-state index contributed by atoms with van der Waals surface area (Å²) in [6.45, 7) is 11.5. The molecule has 31 heavy (non-hydrogen) atoms. The fourth-order valence-corrected chi connectivity index (χ4v) is 4.40. The van der Waals surface area contributed by atoms with Crippen molar-refractivity contribution in [2.75, 3.05) is 0 Å². The van der Waals surface area contributed by atoms with Gasteiger partial charge >= 0.3 is 0 Å². The van der Waals surface area contributed by atoms with Gasteiger partial charge in [-0.05, 0) is 89.8 Å². The van der Waals surface area contributed by atoms with Crippen LogP contribution in [0.25, 0.3) is 11.1 Å². The van der Waals surface area contributed by atoms with Gasteiger partial charge in [0.15, 0.2) is 0 Å². The van der Waals surface area contributed by atoms with Crippen molar-refractivity contribution in [1.82, 2.24) is 9.97 Å². The Bertz CT molecular complexity index is 944. The van der Waals surface area contributed by atoms with Gasteiger partial charge in [0.05, 0.1) is 0 Å². The molecule has 0 amide bonds. The molecule has 164 valence electrons. The molecule has 1 unspecified atom stereocenters. The van der Waals surface area contributed by atoms with E-state index >= 15 is 0 Å². The zero-order valence-electron chi connectivity index (χ0n) is 19.9. The van der Waals surface area contributed by atoms with Crippen molar-refractivity contribution in [3.63, 3.8) is 0 Å². The number of nitrogens with zero attached hydrogens (tertiary/aromatic N) is 2. The second kappa shape index (κ2) is 11.2. The molecule has 2 heteroatoms. The summed E-state index contributed by atoms with van der Waals surface area (Å²) >= 11 is 0. The summed E-state index contributed by atoms with van der Waals surface area (Å²) in [5, 5.41) is 0. The van der Waals surface area contributed by atoms with Gasteiger partial charge in [0.1, 0.15) is 0 Å². The Kier molecular flexibility index (Phi) is 8.40. The number of benzene rings is 1. The predicted molar refractivity (Wildman–Crippen MR) is 132 cm³/mol. The fraction of sp³-hybridized carbons (Fsp3) is 0.448. The van der Waals surface area contributed by atoms with Crippen LogP contribution in [0.15, 0.2) is 61.2 Å². The number of pyridine rings is 2. The lowest BCUT2D eigenvalue weighted by molar-refractivity contribution is 0.530. The maximum Gasteiger partial charge on any atom is 0.0349 e. The predicted octanol–water partition coefficient (Wildman–Crippen LogP) is 7.35. The first-order chi connectivity index (χ1) is 14.9. The Morgan fingerprint density at radius 3 is 2.16 bits per heavy atom. The normalized spacial score (nSPS) is 12.5. The minimum atomic E-state index is 0.622. The quantitative estimate of drug-likeness (QED) is 0.346. The van der Waals surface area contributed by atoms with E-state index in [-0.39, 0.29) is 0 Å². The first kappa shape index (κ1) is 23.2. The van der Waals surface area contributed by atoms with Gasteiger partial charge in [0.2, 0.25) is 0 Å².